The van der Waals surface area contributed by atoms with E-state index in [1.807, 2.05) is 0 Å². The highest BCUT2D eigenvalue weighted by atomic mass is 35.6. The molecule has 0 aromatic heterocycles. The molecule has 0 saturated heterocycles. The van der Waals surface area contributed by atoms with Crippen molar-refractivity contribution in [2.45, 2.75) is 0 Å². The molecule has 0 amide bonds. The number of nitrogens with one attached hydrogen (secondary N) is 1. The highest BCUT2D eigenvalue weighted by Crippen LogP contribution is 2.22. The second-order valence-corrected chi connectivity index (χ2v) is 4.86. The molecule has 0 unspecified atom stereocenters. The van der Waals surface area contributed by atoms with Crippen molar-refractivity contribution < 1.29 is 4.39 Å². The number of hydrogen-bond acceptors (Lipinski definition) is 1. The molecule has 0 bridgehead atoms. The van der Waals surface area contributed by atoms with E-state index in [2.05, 4.69) is 5.23 Å². The molecule has 0 saturated carbocycles. The van der Waals surface area contributed by atoms with E-state index in [0.717, 1.165) is 0 Å². The zero-order valence-electron chi connectivity index (χ0n) is 5.90. The van der Waals surface area contributed by atoms with E-state index in [-0.39, 0.29) is 5.82 Å². The van der Waals surface area contributed by atoms with Crippen LogP contribution in [0, 0.1) is 5.82 Å². The summed E-state index contributed by atoms with van der Waals surface area (Å²) in [4.78, 5) is 0. The third-order valence-electron chi connectivity index (χ3n) is 1.17. The Hall–Kier alpha value is -0.115. The molecule has 1 rings (SSSR count). The molecule has 0 radical (unpaired) electrons. The average molecular weight is 227 g/mol. The van der Waals surface area contributed by atoms with Crippen molar-refractivity contribution in [3.05, 3.63) is 30.1 Å². The Morgan fingerprint density at radius 3 is 2.00 bits per heavy atom. The summed E-state index contributed by atoms with van der Waals surface area (Å²) in [6.07, 6.45) is 0. The lowest BCUT2D eigenvalue weighted by atomic mass is 10.2. The largest absolute Gasteiger partial charge is 0.520 e. The lowest BCUT2D eigenvalue weighted by Gasteiger charge is -2.22. The summed E-state index contributed by atoms with van der Waals surface area (Å²) in [5.74, 6) is -0.322. The van der Waals surface area contributed by atoms with Crippen LogP contribution in [0.1, 0.15) is 0 Å². The minimum atomic E-state index is -2.15. The van der Waals surface area contributed by atoms with Crippen LogP contribution in [-0.4, -0.2) is 4.53 Å². The summed E-state index contributed by atoms with van der Waals surface area (Å²) in [5.41, 5.74) is 0.580. The van der Waals surface area contributed by atoms with Gasteiger partial charge in [0, 0.05) is 0 Å². The highest BCUT2D eigenvalue weighted by Gasteiger charge is 2.11. The predicted molar refractivity (Wildman–Crippen MR) is 53.3 cm³/mol. The van der Waals surface area contributed by atoms with Crippen molar-refractivity contribution in [3.8, 4) is 0 Å². The molecule has 6 heteroatoms. The number of halogens is 4. The van der Waals surface area contributed by atoms with Gasteiger partial charge in [0.2, 0.25) is 0 Å². The number of rotatable bonds is 2. The number of hydrogen-bond donors (Lipinski definition) is 1. The van der Waals surface area contributed by atoms with Gasteiger partial charge in [-0.1, -0.05) is 0 Å². The monoisotopic (exact) mass is 226 g/mol. The minimum absolute atomic E-state index is 0.322. The molecule has 0 atom stereocenters. The SMILES string of the molecule is Fc1ccc(N[B-](Cl)(Cl)Cl)cc1. The Bertz CT molecular complexity index is 258. The van der Waals surface area contributed by atoms with Gasteiger partial charge in [0.05, 0.1) is 0 Å². The van der Waals surface area contributed by atoms with Crippen molar-refractivity contribution in [1.82, 2.24) is 0 Å². The van der Waals surface area contributed by atoms with Crippen LogP contribution < -0.4 is 5.23 Å². The van der Waals surface area contributed by atoms with Crippen LogP contribution in [-0.2, 0) is 0 Å². The molecule has 66 valence electrons. The Kier molecular flexibility index (Phi) is 3.10. The number of anilines is 1. The molecule has 0 aliphatic carbocycles. The minimum Gasteiger partial charge on any atom is -0.520 e. The van der Waals surface area contributed by atoms with Gasteiger partial charge in [-0.3, -0.25) is 0 Å². The maximum atomic E-state index is 12.4. The molecule has 1 N–H and O–H groups in total. The van der Waals surface area contributed by atoms with Crippen LogP contribution in [0.4, 0.5) is 10.1 Å². The average Bonchev–Trinajstić information content (AvgIpc) is 1.91. The molecule has 1 aromatic carbocycles. The topological polar surface area (TPSA) is 12.0 Å². The Labute approximate surface area is 84.5 Å². The van der Waals surface area contributed by atoms with Gasteiger partial charge in [0.1, 0.15) is 5.82 Å². The second-order valence-electron chi connectivity index (χ2n) is 2.23. The molecule has 1 nitrogen and oxygen atoms in total. The van der Waals surface area contributed by atoms with E-state index in [1.165, 1.54) is 24.3 Å². The summed E-state index contributed by atoms with van der Waals surface area (Å²) in [7, 11) is 0. The van der Waals surface area contributed by atoms with E-state index in [9.17, 15) is 4.39 Å². The van der Waals surface area contributed by atoms with Crippen molar-refractivity contribution in [1.29, 1.82) is 0 Å². The lowest BCUT2D eigenvalue weighted by Crippen LogP contribution is -2.23. The summed E-state index contributed by atoms with van der Waals surface area (Å²) in [5, 5.41) is 2.60. The fraction of sp³-hybridized carbons (Fsp3) is 0. The smallest absolute Gasteiger partial charge is 0.339 e. The van der Waals surface area contributed by atoms with Gasteiger partial charge >= 0.3 is 4.53 Å². The van der Waals surface area contributed by atoms with Crippen LogP contribution in [0.5, 0.6) is 0 Å². The van der Waals surface area contributed by atoms with Gasteiger partial charge in [0.25, 0.3) is 0 Å². The zero-order valence-corrected chi connectivity index (χ0v) is 8.17. The summed E-state index contributed by atoms with van der Waals surface area (Å²) >= 11 is 16.5. The molecular weight excluding hydrogens is 222 g/mol. The van der Waals surface area contributed by atoms with Crippen molar-refractivity contribution in [2.24, 2.45) is 0 Å². The van der Waals surface area contributed by atoms with E-state index in [1.54, 1.807) is 0 Å². The molecule has 1 aromatic rings. The summed E-state index contributed by atoms with van der Waals surface area (Å²) in [6.45, 7) is 0. The van der Waals surface area contributed by atoms with Crippen LogP contribution in [0.2, 0.25) is 0 Å². The maximum absolute atomic E-state index is 12.4. The van der Waals surface area contributed by atoms with Gasteiger partial charge < -0.3 is 39.6 Å². The molecular formula is C6H5BCl3FN-. The van der Waals surface area contributed by atoms with Gasteiger partial charge in [-0.05, 0) is 30.0 Å². The molecule has 0 heterocycles. The normalized spacial score (nSPS) is 11.3. The van der Waals surface area contributed by atoms with Gasteiger partial charge in [-0.2, -0.15) is 0 Å². The lowest BCUT2D eigenvalue weighted by molar-refractivity contribution is 0.628. The van der Waals surface area contributed by atoms with Gasteiger partial charge in [0.15, 0.2) is 0 Å². The Balaban J connectivity index is 2.71. The summed E-state index contributed by atoms with van der Waals surface area (Å²) in [6, 6.07) is 5.57. The van der Waals surface area contributed by atoms with Crippen LogP contribution in [0.25, 0.3) is 0 Å². The first kappa shape index (κ1) is 9.97. The standard InChI is InChI=1S/C6H5BCl3FN/c8-7(9,10)12-6-3-1-5(11)2-4-6/h1-4,12H/q-1. The first-order valence-corrected chi connectivity index (χ1v) is 4.51. The Morgan fingerprint density at radius 2 is 1.58 bits per heavy atom. The predicted octanol–water partition coefficient (Wildman–Crippen LogP) is 3.39. The molecule has 0 aliphatic rings. The fourth-order valence-corrected chi connectivity index (χ4v) is 1.11. The van der Waals surface area contributed by atoms with Gasteiger partial charge in [-0.25, -0.2) is 4.39 Å². The van der Waals surface area contributed by atoms with E-state index >= 15 is 0 Å². The fourth-order valence-electron chi connectivity index (χ4n) is 0.735. The third-order valence-corrected chi connectivity index (χ3v) is 1.50. The van der Waals surface area contributed by atoms with Crippen LogP contribution in [0.3, 0.4) is 0 Å². The quantitative estimate of drug-likeness (QED) is 0.764. The van der Waals surface area contributed by atoms with Gasteiger partial charge in [-0.15, -0.1) is 0 Å². The van der Waals surface area contributed by atoms with Crippen LogP contribution in [0.15, 0.2) is 24.3 Å². The molecule has 0 spiro atoms. The maximum Gasteiger partial charge on any atom is 0.339 e. The zero-order chi connectivity index (χ0) is 9.19. The summed E-state index contributed by atoms with van der Waals surface area (Å²) < 4.78 is 10.2. The first-order chi connectivity index (χ1) is 5.47. The van der Waals surface area contributed by atoms with E-state index in [4.69, 9.17) is 34.4 Å². The molecule has 0 aliphatic heterocycles. The number of benzene rings is 1. The molecule has 12 heavy (non-hydrogen) atoms. The van der Waals surface area contributed by atoms with Crippen molar-refractivity contribution in [3.63, 3.8) is 0 Å². The molecule has 0 fully saturated rings. The van der Waals surface area contributed by atoms with Crippen molar-refractivity contribution >= 4 is 44.6 Å². The van der Waals surface area contributed by atoms with E-state index in [0.29, 0.717) is 5.69 Å². The van der Waals surface area contributed by atoms with Crippen molar-refractivity contribution in [2.75, 3.05) is 5.23 Å². The van der Waals surface area contributed by atoms with Crippen LogP contribution >= 0.6 is 34.4 Å². The third kappa shape index (κ3) is 3.52. The first-order valence-electron chi connectivity index (χ1n) is 3.20. The highest BCUT2D eigenvalue weighted by molar-refractivity contribution is 7.65. The second kappa shape index (κ2) is 3.73. The Morgan fingerprint density at radius 1 is 1.08 bits per heavy atom. The van der Waals surface area contributed by atoms with E-state index < -0.39 is 4.53 Å².